The highest BCUT2D eigenvalue weighted by atomic mass is 35.5. The highest BCUT2D eigenvalue weighted by Gasteiger charge is 2.11. The van der Waals surface area contributed by atoms with E-state index in [1.807, 2.05) is 66.7 Å². The minimum atomic E-state index is 0.405. The Morgan fingerprint density at radius 2 is 1.48 bits per heavy atom. The first-order chi connectivity index (χ1) is 15.2. The summed E-state index contributed by atoms with van der Waals surface area (Å²) in [5, 5.41) is 0.712. The summed E-state index contributed by atoms with van der Waals surface area (Å²) in [7, 11) is 1.65. The number of benzene rings is 3. The SMILES string of the molecule is COc1ccc(OCc2nc3ccccc3n2CCCCOc2ccc(Cl)cc2)cc1. The first-order valence-electron chi connectivity index (χ1n) is 10.3. The zero-order chi connectivity index (χ0) is 21.5. The summed E-state index contributed by atoms with van der Waals surface area (Å²) in [6.45, 7) is 1.92. The Morgan fingerprint density at radius 1 is 0.806 bits per heavy atom. The second-order valence-corrected chi connectivity index (χ2v) is 7.58. The molecule has 31 heavy (non-hydrogen) atoms. The van der Waals surface area contributed by atoms with E-state index in [0.717, 1.165) is 53.5 Å². The Morgan fingerprint density at radius 3 is 2.26 bits per heavy atom. The molecule has 0 bridgehead atoms. The highest BCUT2D eigenvalue weighted by molar-refractivity contribution is 6.30. The molecule has 1 heterocycles. The highest BCUT2D eigenvalue weighted by Crippen LogP contribution is 2.21. The Balaban J connectivity index is 1.36. The van der Waals surface area contributed by atoms with Gasteiger partial charge in [-0.1, -0.05) is 23.7 Å². The number of aryl methyl sites for hydroxylation is 1. The molecule has 0 atom stereocenters. The molecule has 0 aliphatic rings. The average Bonchev–Trinajstić information content (AvgIpc) is 3.16. The summed E-state index contributed by atoms with van der Waals surface area (Å²) in [6, 6.07) is 23.2. The zero-order valence-corrected chi connectivity index (χ0v) is 18.2. The van der Waals surface area contributed by atoms with E-state index < -0.39 is 0 Å². The molecule has 3 aromatic carbocycles. The van der Waals surface area contributed by atoms with Crippen molar-refractivity contribution in [2.45, 2.75) is 26.0 Å². The second kappa shape index (κ2) is 10.2. The van der Waals surface area contributed by atoms with Crippen molar-refractivity contribution in [1.82, 2.24) is 9.55 Å². The van der Waals surface area contributed by atoms with Gasteiger partial charge in [-0.3, -0.25) is 0 Å². The quantitative estimate of drug-likeness (QED) is 0.280. The van der Waals surface area contributed by atoms with Crippen LogP contribution in [0.4, 0.5) is 0 Å². The van der Waals surface area contributed by atoms with Crippen molar-refractivity contribution in [3.8, 4) is 17.2 Å². The van der Waals surface area contributed by atoms with Gasteiger partial charge in [-0.15, -0.1) is 0 Å². The minimum Gasteiger partial charge on any atom is -0.497 e. The first-order valence-corrected chi connectivity index (χ1v) is 10.7. The normalized spacial score (nSPS) is 10.9. The molecule has 6 heteroatoms. The topological polar surface area (TPSA) is 45.5 Å². The number of hydrogen-bond acceptors (Lipinski definition) is 4. The van der Waals surface area contributed by atoms with Crippen molar-refractivity contribution >= 4 is 22.6 Å². The second-order valence-electron chi connectivity index (χ2n) is 7.14. The summed E-state index contributed by atoms with van der Waals surface area (Å²) in [5.41, 5.74) is 2.10. The van der Waals surface area contributed by atoms with Crippen LogP contribution >= 0.6 is 11.6 Å². The van der Waals surface area contributed by atoms with Crippen LogP contribution in [0.3, 0.4) is 0 Å². The van der Waals surface area contributed by atoms with Crippen molar-refractivity contribution in [1.29, 1.82) is 0 Å². The Kier molecular flexibility index (Phi) is 6.95. The van der Waals surface area contributed by atoms with E-state index in [1.165, 1.54) is 0 Å². The van der Waals surface area contributed by atoms with Gasteiger partial charge in [0.15, 0.2) is 0 Å². The van der Waals surface area contributed by atoms with Gasteiger partial charge < -0.3 is 18.8 Å². The number of aromatic nitrogens is 2. The van der Waals surface area contributed by atoms with Gasteiger partial charge in [-0.25, -0.2) is 4.98 Å². The van der Waals surface area contributed by atoms with E-state index in [9.17, 15) is 0 Å². The van der Waals surface area contributed by atoms with Crippen LogP contribution in [0.2, 0.25) is 5.02 Å². The fourth-order valence-corrected chi connectivity index (χ4v) is 3.52. The molecule has 0 saturated carbocycles. The molecule has 0 spiro atoms. The number of unbranched alkanes of at least 4 members (excludes halogenated alkanes) is 1. The van der Waals surface area contributed by atoms with Crippen LogP contribution in [0, 0.1) is 0 Å². The maximum Gasteiger partial charge on any atom is 0.147 e. The van der Waals surface area contributed by atoms with Crippen molar-refractivity contribution in [2.24, 2.45) is 0 Å². The van der Waals surface area contributed by atoms with Gasteiger partial charge in [0.05, 0.1) is 24.8 Å². The lowest BCUT2D eigenvalue weighted by Crippen LogP contribution is -2.08. The molecule has 0 saturated heterocycles. The van der Waals surface area contributed by atoms with E-state index in [-0.39, 0.29) is 0 Å². The standard InChI is InChI=1S/C25H25ClN2O3/c1-29-20-12-14-22(15-13-20)31-18-25-27-23-6-2-3-7-24(23)28(25)16-4-5-17-30-21-10-8-19(26)9-11-21/h2-3,6-15H,4-5,16-18H2,1H3. The summed E-state index contributed by atoms with van der Waals surface area (Å²) in [5.74, 6) is 3.35. The van der Waals surface area contributed by atoms with E-state index in [4.69, 9.17) is 30.8 Å². The van der Waals surface area contributed by atoms with E-state index in [1.54, 1.807) is 7.11 Å². The first kappa shape index (κ1) is 21.1. The van der Waals surface area contributed by atoms with Crippen molar-refractivity contribution in [2.75, 3.05) is 13.7 Å². The molecule has 0 fully saturated rings. The summed E-state index contributed by atoms with van der Waals surface area (Å²) in [6.07, 6.45) is 1.91. The largest absolute Gasteiger partial charge is 0.497 e. The maximum atomic E-state index is 5.98. The van der Waals surface area contributed by atoms with Crippen molar-refractivity contribution in [3.05, 3.63) is 83.6 Å². The molecule has 0 unspecified atom stereocenters. The fourth-order valence-electron chi connectivity index (χ4n) is 3.40. The predicted octanol–water partition coefficient (Wildman–Crippen LogP) is 6.14. The molecule has 4 aromatic rings. The third-order valence-electron chi connectivity index (χ3n) is 5.02. The molecule has 0 aliphatic carbocycles. The Hall–Kier alpha value is -3.18. The van der Waals surface area contributed by atoms with Crippen LogP contribution in [-0.2, 0) is 13.2 Å². The third kappa shape index (κ3) is 5.50. The van der Waals surface area contributed by atoms with Gasteiger partial charge in [0.2, 0.25) is 0 Å². The van der Waals surface area contributed by atoms with Crippen LogP contribution in [-0.4, -0.2) is 23.3 Å². The molecule has 160 valence electrons. The molecule has 0 N–H and O–H groups in total. The number of nitrogens with zero attached hydrogens (tertiary/aromatic N) is 2. The summed E-state index contributed by atoms with van der Waals surface area (Å²) >= 11 is 5.91. The molecular formula is C25H25ClN2O3. The number of halogens is 1. The van der Waals surface area contributed by atoms with Gasteiger partial charge in [-0.2, -0.15) is 0 Å². The number of rotatable bonds is 10. The third-order valence-corrected chi connectivity index (χ3v) is 5.27. The van der Waals surface area contributed by atoms with Crippen molar-refractivity contribution in [3.63, 3.8) is 0 Å². The lowest BCUT2D eigenvalue weighted by atomic mass is 10.3. The molecular weight excluding hydrogens is 412 g/mol. The lowest BCUT2D eigenvalue weighted by Gasteiger charge is -2.11. The molecule has 4 rings (SSSR count). The number of imidazole rings is 1. The van der Waals surface area contributed by atoms with Crippen LogP contribution in [0.1, 0.15) is 18.7 Å². The van der Waals surface area contributed by atoms with E-state index in [0.29, 0.717) is 18.2 Å². The summed E-state index contributed by atoms with van der Waals surface area (Å²) in [4.78, 5) is 4.79. The Labute approximate surface area is 187 Å². The number of hydrogen-bond donors (Lipinski definition) is 0. The van der Waals surface area contributed by atoms with Crippen LogP contribution in [0.25, 0.3) is 11.0 Å². The molecule has 0 radical (unpaired) electrons. The van der Waals surface area contributed by atoms with Crippen LogP contribution in [0.15, 0.2) is 72.8 Å². The van der Waals surface area contributed by atoms with Gasteiger partial charge >= 0.3 is 0 Å². The lowest BCUT2D eigenvalue weighted by molar-refractivity contribution is 0.284. The maximum absolute atomic E-state index is 5.98. The zero-order valence-electron chi connectivity index (χ0n) is 17.5. The van der Waals surface area contributed by atoms with Crippen molar-refractivity contribution < 1.29 is 14.2 Å². The van der Waals surface area contributed by atoms with Gasteiger partial charge in [0.25, 0.3) is 0 Å². The molecule has 0 aliphatic heterocycles. The van der Waals surface area contributed by atoms with Gasteiger partial charge in [0.1, 0.15) is 29.7 Å². The van der Waals surface area contributed by atoms with Gasteiger partial charge in [-0.05, 0) is 73.5 Å². The number of ether oxygens (including phenoxy) is 3. The average molecular weight is 437 g/mol. The number of methoxy groups -OCH3 is 1. The minimum absolute atomic E-state index is 0.405. The predicted molar refractivity (Wildman–Crippen MR) is 123 cm³/mol. The molecule has 0 amide bonds. The van der Waals surface area contributed by atoms with Crippen LogP contribution in [0.5, 0.6) is 17.2 Å². The summed E-state index contributed by atoms with van der Waals surface area (Å²) < 4.78 is 19.2. The smallest absolute Gasteiger partial charge is 0.147 e. The molecule has 5 nitrogen and oxygen atoms in total. The van der Waals surface area contributed by atoms with Crippen LogP contribution < -0.4 is 14.2 Å². The monoisotopic (exact) mass is 436 g/mol. The number of para-hydroxylation sites is 2. The van der Waals surface area contributed by atoms with Gasteiger partial charge in [0, 0.05) is 11.6 Å². The molecule has 1 aromatic heterocycles. The number of fused-ring (bicyclic) bond motifs is 1. The van der Waals surface area contributed by atoms with E-state index >= 15 is 0 Å². The van der Waals surface area contributed by atoms with E-state index in [2.05, 4.69) is 10.6 Å². The fraction of sp³-hybridized carbons (Fsp3) is 0.240. The Bertz CT molecular complexity index is 1110.